The second kappa shape index (κ2) is 11.4. The van der Waals surface area contributed by atoms with Crippen molar-refractivity contribution in [1.29, 1.82) is 0 Å². The van der Waals surface area contributed by atoms with Gasteiger partial charge in [-0.15, -0.1) is 6.42 Å². The van der Waals surface area contributed by atoms with Crippen LogP contribution in [0, 0.1) is 18.3 Å². The lowest BCUT2D eigenvalue weighted by Crippen LogP contribution is -2.53. The van der Waals surface area contributed by atoms with Crippen LogP contribution < -0.4 is 16.0 Å². The maximum atomic E-state index is 12.3. The van der Waals surface area contributed by atoms with Crippen molar-refractivity contribution in [2.45, 2.75) is 59.2 Å². The Labute approximate surface area is 155 Å². The normalized spacial score (nSPS) is 13.3. The van der Waals surface area contributed by atoms with E-state index < -0.39 is 23.7 Å². The number of carbonyl (C=O) groups is 3. The van der Waals surface area contributed by atoms with Gasteiger partial charge in [0.1, 0.15) is 12.1 Å². The van der Waals surface area contributed by atoms with Gasteiger partial charge in [-0.3, -0.25) is 9.59 Å². The number of nitrogens with one attached hydrogen (secondary N) is 3. The van der Waals surface area contributed by atoms with Crippen LogP contribution >= 0.6 is 0 Å². The van der Waals surface area contributed by atoms with Gasteiger partial charge in [0.05, 0.1) is 6.04 Å². The molecule has 0 spiro atoms. The predicted molar refractivity (Wildman–Crippen MR) is 98.3 cm³/mol. The molecule has 0 fully saturated rings. The number of carbonyl (C=O) groups excluding carboxylic acids is 3. The summed E-state index contributed by atoms with van der Waals surface area (Å²) < 4.78 is 9.86. The SMILES string of the molecule is C#CCOC(=O)CNC(=O)C(NC(C)CNC(=O)OC(C)(C)C)C(C)C. The van der Waals surface area contributed by atoms with Crippen LogP contribution in [0.25, 0.3) is 0 Å². The average Bonchev–Trinajstić information content (AvgIpc) is 2.51. The first-order valence-corrected chi connectivity index (χ1v) is 8.56. The van der Waals surface area contributed by atoms with Crippen LogP contribution in [0.15, 0.2) is 0 Å². The number of amides is 2. The van der Waals surface area contributed by atoms with E-state index in [4.69, 9.17) is 15.9 Å². The zero-order valence-corrected chi connectivity index (χ0v) is 16.5. The van der Waals surface area contributed by atoms with Gasteiger partial charge in [0.2, 0.25) is 5.91 Å². The summed E-state index contributed by atoms with van der Waals surface area (Å²) >= 11 is 0. The quantitative estimate of drug-likeness (QED) is 0.410. The summed E-state index contributed by atoms with van der Waals surface area (Å²) in [6, 6.07) is -0.722. The molecule has 0 rings (SSSR count). The molecule has 2 atom stereocenters. The molecule has 0 aliphatic heterocycles. The highest BCUT2D eigenvalue weighted by molar-refractivity contribution is 5.85. The first-order valence-electron chi connectivity index (χ1n) is 8.56. The fourth-order valence-corrected chi connectivity index (χ4v) is 1.93. The van der Waals surface area contributed by atoms with Gasteiger partial charge in [-0.1, -0.05) is 19.8 Å². The fourth-order valence-electron chi connectivity index (χ4n) is 1.93. The van der Waals surface area contributed by atoms with Gasteiger partial charge < -0.3 is 25.4 Å². The molecule has 8 heteroatoms. The molecule has 0 aromatic rings. The summed E-state index contributed by atoms with van der Waals surface area (Å²) in [5.41, 5.74) is -0.574. The number of ether oxygens (including phenoxy) is 2. The van der Waals surface area contributed by atoms with Crippen molar-refractivity contribution >= 4 is 18.0 Å². The molecule has 0 aromatic carbocycles. The van der Waals surface area contributed by atoms with Gasteiger partial charge in [-0.25, -0.2) is 4.79 Å². The van der Waals surface area contributed by atoms with Crippen LogP contribution in [-0.2, 0) is 19.1 Å². The van der Waals surface area contributed by atoms with E-state index in [0.717, 1.165) is 0 Å². The molecule has 2 amide bonds. The van der Waals surface area contributed by atoms with Gasteiger partial charge in [0.25, 0.3) is 0 Å². The van der Waals surface area contributed by atoms with Crippen molar-refractivity contribution in [2.24, 2.45) is 5.92 Å². The second-order valence-corrected chi connectivity index (χ2v) is 7.25. The third kappa shape index (κ3) is 11.3. The molecule has 2 unspecified atom stereocenters. The largest absolute Gasteiger partial charge is 0.451 e. The molecule has 3 N–H and O–H groups in total. The predicted octanol–water partition coefficient (Wildman–Crippen LogP) is 0.806. The first-order chi connectivity index (χ1) is 12.0. The van der Waals surface area contributed by atoms with E-state index in [1.807, 2.05) is 20.8 Å². The first kappa shape index (κ1) is 23.7. The Kier molecular flexibility index (Phi) is 10.4. The summed E-state index contributed by atoms with van der Waals surface area (Å²) in [5.74, 6) is 1.22. The standard InChI is InChI=1S/C18H31N3O5/c1-8-9-25-14(22)11-19-16(23)15(12(2)3)21-13(4)10-20-17(24)26-18(5,6)7/h1,12-13,15,21H,9-11H2,2-7H3,(H,19,23)(H,20,24). The third-order valence-electron chi connectivity index (χ3n) is 3.09. The Morgan fingerprint density at radius 1 is 1.12 bits per heavy atom. The van der Waals surface area contributed by atoms with Gasteiger partial charge in [0.15, 0.2) is 6.61 Å². The number of rotatable bonds is 9. The number of terminal acetylenes is 1. The lowest BCUT2D eigenvalue weighted by atomic mass is 10.0. The number of esters is 1. The van der Waals surface area contributed by atoms with E-state index in [1.165, 1.54) is 0 Å². The van der Waals surface area contributed by atoms with Crippen molar-refractivity contribution in [1.82, 2.24) is 16.0 Å². The molecule has 0 bridgehead atoms. The molecule has 0 heterocycles. The third-order valence-corrected chi connectivity index (χ3v) is 3.09. The van der Waals surface area contributed by atoms with Crippen LogP contribution in [0.5, 0.6) is 0 Å². The number of hydrogen-bond donors (Lipinski definition) is 3. The zero-order chi connectivity index (χ0) is 20.3. The monoisotopic (exact) mass is 369 g/mol. The average molecular weight is 369 g/mol. The van der Waals surface area contributed by atoms with Crippen molar-refractivity contribution in [3.8, 4) is 12.3 Å². The van der Waals surface area contributed by atoms with Gasteiger partial charge in [-0.2, -0.15) is 0 Å². The Morgan fingerprint density at radius 3 is 2.23 bits per heavy atom. The lowest BCUT2D eigenvalue weighted by Gasteiger charge is -2.26. The second-order valence-electron chi connectivity index (χ2n) is 7.25. The van der Waals surface area contributed by atoms with E-state index in [0.29, 0.717) is 0 Å². The van der Waals surface area contributed by atoms with E-state index in [1.54, 1.807) is 20.8 Å². The number of alkyl carbamates (subject to hydrolysis) is 1. The molecule has 0 radical (unpaired) electrons. The summed E-state index contributed by atoms with van der Waals surface area (Å²) in [6.07, 6.45) is 4.48. The molecule has 0 aliphatic carbocycles. The molecule has 8 nitrogen and oxygen atoms in total. The minimum atomic E-state index is -0.599. The molecule has 0 aliphatic rings. The Bertz CT molecular complexity index is 520. The zero-order valence-electron chi connectivity index (χ0n) is 16.5. The van der Waals surface area contributed by atoms with E-state index in [2.05, 4.69) is 21.9 Å². The van der Waals surface area contributed by atoms with Crippen LogP contribution in [0.4, 0.5) is 4.79 Å². The minimum Gasteiger partial charge on any atom is -0.451 e. The summed E-state index contributed by atoms with van der Waals surface area (Å²) in [5, 5.41) is 8.30. The summed E-state index contributed by atoms with van der Waals surface area (Å²) in [7, 11) is 0. The van der Waals surface area contributed by atoms with Crippen molar-refractivity contribution in [2.75, 3.05) is 19.7 Å². The van der Waals surface area contributed by atoms with E-state index >= 15 is 0 Å². The minimum absolute atomic E-state index is 0.0271. The van der Waals surface area contributed by atoms with E-state index in [-0.39, 0.29) is 37.6 Å². The van der Waals surface area contributed by atoms with Crippen molar-refractivity contribution in [3.63, 3.8) is 0 Å². The summed E-state index contributed by atoms with van der Waals surface area (Å²) in [6.45, 7) is 10.8. The van der Waals surface area contributed by atoms with Crippen molar-refractivity contribution < 1.29 is 23.9 Å². The van der Waals surface area contributed by atoms with Crippen LogP contribution in [-0.4, -0.2) is 55.4 Å². The van der Waals surface area contributed by atoms with Gasteiger partial charge in [0, 0.05) is 12.6 Å². The molecule has 0 saturated carbocycles. The van der Waals surface area contributed by atoms with Gasteiger partial charge in [-0.05, 0) is 33.6 Å². The molecular formula is C18H31N3O5. The molecule has 26 heavy (non-hydrogen) atoms. The maximum absolute atomic E-state index is 12.3. The Hall–Kier alpha value is -2.27. The van der Waals surface area contributed by atoms with Crippen LogP contribution in [0.2, 0.25) is 0 Å². The molecule has 0 saturated heterocycles. The van der Waals surface area contributed by atoms with Crippen LogP contribution in [0.1, 0.15) is 41.5 Å². The summed E-state index contributed by atoms with van der Waals surface area (Å²) in [4.78, 5) is 35.4. The van der Waals surface area contributed by atoms with Crippen molar-refractivity contribution in [3.05, 3.63) is 0 Å². The van der Waals surface area contributed by atoms with Crippen LogP contribution in [0.3, 0.4) is 0 Å². The number of hydrogen-bond acceptors (Lipinski definition) is 6. The highest BCUT2D eigenvalue weighted by Crippen LogP contribution is 2.07. The molecule has 148 valence electrons. The Morgan fingerprint density at radius 2 is 1.73 bits per heavy atom. The molecular weight excluding hydrogens is 338 g/mol. The van der Waals surface area contributed by atoms with Gasteiger partial charge >= 0.3 is 12.1 Å². The van der Waals surface area contributed by atoms with E-state index in [9.17, 15) is 14.4 Å². The highest BCUT2D eigenvalue weighted by Gasteiger charge is 2.24. The highest BCUT2D eigenvalue weighted by atomic mass is 16.6. The topological polar surface area (TPSA) is 106 Å². The molecule has 0 aromatic heterocycles. The smallest absolute Gasteiger partial charge is 0.407 e. The Balaban J connectivity index is 4.44. The fraction of sp³-hybridized carbons (Fsp3) is 0.722. The maximum Gasteiger partial charge on any atom is 0.407 e. The lowest BCUT2D eigenvalue weighted by molar-refractivity contribution is -0.142.